The molecule has 5 atom stereocenters. The molecular formula is C26H26N2O5. The van der Waals surface area contributed by atoms with Gasteiger partial charge in [-0.25, -0.2) is 0 Å². The van der Waals surface area contributed by atoms with Crippen LogP contribution in [-0.4, -0.2) is 42.9 Å². The first-order valence-corrected chi connectivity index (χ1v) is 11.5. The third-order valence-corrected chi connectivity index (χ3v) is 7.17. The summed E-state index contributed by atoms with van der Waals surface area (Å²) in [4.78, 5) is 28.6. The van der Waals surface area contributed by atoms with E-state index in [9.17, 15) is 9.59 Å². The van der Waals surface area contributed by atoms with E-state index in [4.69, 9.17) is 14.2 Å². The number of ether oxygens (including phenoxy) is 3. The first-order chi connectivity index (χ1) is 16.0. The van der Waals surface area contributed by atoms with Crippen molar-refractivity contribution in [3.63, 3.8) is 0 Å². The summed E-state index contributed by atoms with van der Waals surface area (Å²) in [6.45, 7) is 2.57. The van der Waals surface area contributed by atoms with Gasteiger partial charge in [-0.1, -0.05) is 42.5 Å². The van der Waals surface area contributed by atoms with Crippen LogP contribution in [0.3, 0.4) is 0 Å². The van der Waals surface area contributed by atoms with Gasteiger partial charge in [0.05, 0.1) is 24.5 Å². The number of hydrogen-bond acceptors (Lipinski definition) is 5. The van der Waals surface area contributed by atoms with Gasteiger partial charge in [-0.15, -0.1) is 0 Å². The van der Waals surface area contributed by atoms with Crippen LogP contribution in [0.2, 0.25) is 0 Å². The maximum atomic E-state index is 13.5. The third kappa shape index (κ3) is 3.30. The molecule has 2 fully saturated rings. The molecule has 4 aliphatic rings. The number of rotatable bonds is 6. The van der Waals surface area contributed by atoms with Gasteiger partial charge in [0.2, 0.25) is 18.6 Å². The summed E-state index contributed by atoms with van der Waals surface area (Å²) in [5.41, 5.74) is 1.21. The second kappa shape index (κ2) is 7.63. The number of fused-ring (bicyclic) bond motifs is 2. The summed E-state index contributed by atoms with van der Waals surface area (Å²) in [5.74, 6) is 0.0372. The standard InChI is InChI=1S/C26H26N2O5/c1-16(7-8-17-5-3-2-4-6-17)27-24(29)22-20-11-12-26(33-20)14-28(25(30)23(22)26)18-9-10-19-21(13-18)32-15-31-19/h2-6,9-13,16,20,22-23H,7-8,14-15H2,1H3,(H,27,29)/t16?,20-,22?,23?,26+/m0/s1. The van der Waals surface area contributed by atoms with Crippen LogP contribution in [0.5, 0.6) is 11.5 Å². The SMILES string of the molecule is CC(CCc1ccccc1)NC(=O)C1C2C(=O)N(c3ccc4c(c3)OCO4)C[C@]23C=C[C@@H]1O3. The second-order valence-electron chi connectivity index (χ2n) is 9.30. The van der Waals surface area contributed by atoms with Crippen molar-refractivity contribution >= 4 is 17.5 Å². The lowest BCUT2D eigenvalue weighted by atomic mass is 9.76. The molecule has 2 amide bonds. The number of anilines is 1. The predicted molar refractivity (Wildman–Crippen MR) is 121 cm³/mol. The molecule has 33 heavy (non-hydrogen) atoms. The zero-order valence-corrected chi connectivity index (χ0v) is 18.4. The number of nitrogens with zero attached hydrogens (tertiary/aromatic N) is 1. The summed E-state index contributed by atoms with van der Waals surface area (Å²) in [6, 6.07) is 15.7. The Labute approximate surface area is 192 Å². The minimum absolute atomic E-state index is 0.00164. The van der Waals surface area contributed by atoms with Gasteiger partial charge in [0.25, 0.3) is 0 Å². The molecule has 4 heterocycles. The highest BCUT2D eigenvalue weighted by atomic mass is 16.7. The molecule has 2 saturated heterocycles. The molecule has 3 unspecified atom stereocenters. The van der Waals surface area contributed by atoms with E-state index >= 15 is 0 Å². The molecule has 170 valence electrons. The third-order valence-electron chi connectivity index (χ3n) is 7.17. The average Bonchev–Trinajstić information content (AvgIpc) is 3.58. The first-order valence-electron chi connectivity index (χ1n) is 11.5. The fourth-order valence-electron chi connectivity index (χ4n) is 5.51. The maximum Gasteiger partial charge on any atom is 0.234 e. The van der Waals surface area contributed by atoms with E-state index in [0.717, 1.165) is 18.5 Å². The Morgan fingerprint density at radius 2 is 2.00 bits per heavy atom. The van der Waals surface area contributed by atoms with E-state index in [1.165, 1.54) is 5.56 Å². The number of carbonyl (C=O) groups is 2. The van der Waals surface area contributed by atoms with Crippen LogP contribution in [0, 0.1) is 11.8 Å². The molecule has 7 nitrogen and oxygen atoms in total. The van der Waals surface area contributed by atoms with E-state index < -0.39 is 17.4 Å². The van der Waals surface area contributed by atoms with Crippen molar-refractivity contribution in [1.29, 1.82) is 0 Å². The molecule has 0 aromatic heterocycles. The summed E-state index contributed by atoms with van der Waals surface area (Å²) in [5, 5.41) is 3.14. The maximum absolute atomic E-state index is 13.5. The molecule has 0 aliphatic carbocycles. The molecule has 2 aromatic rings. The topological polar surface area (TPSA) is 77.1 Å². The minimum Gasteiger partial charge on any atom is -0.454 e. The summed E-state index contributed by atoms with van der Waals surface area (Å²) >= 11 is 0. The van der Waals surface area contributed by atoms with Gasteiger partial charge in [-0.3, -0.25) is 9.59 Å². The van der Waals surface area contributed by atoms with Gasteiger partial charge in [-0.2, -0.15) is 0 Å². The summed E-state index contributed by atoms with van der Waals surface area (Å²) in [7, 11) is 0. The summed E-state index contributed by atoms with van der Waals surface area (Å²) < 4.78 is 17.1. The smallest absolute Gasteiger partial charge is 0.234 e. The Balaban J connectivity index is 1.17. The van der Waals surface area contributed by atoms with Crippen molar-refractivity contribution in [2.75, 3.05) is 18.2 Å². The highest BCUT2D eigenvalue weighted by molar-refractivity contribution is 6.03. The lowest BCUT2D eigenvalue weighted by molar-refractivity contribution is -0.132. The number of carbonyl (C=O) groups excluding carboxylic acids is 2. The second-order valence-corrected chi connectivity index (χ2v) is 9.30. The van der Waals surface area contributed by atoms with E-state index in [2.05, 4.69) is 17.4 Å². The molecular weight excluding hydrogens is 420 g/mol. The van der Waals surface area contributed by atoms with Crippen LogP contribution >= 0.6 is 0 Å². The van der Waals surface area contributed by atoms with Crippen LogP contribution in [0.4, 0.5) is 5.69 Å². The fourth-order valence-corrected chi connectivity index (χ4v) is 5.51. The molecule has 7 heteroatoms. The van der Waals surface area contributed by atoms with Crippen LogP contribution in [0.15, 0.2) is 60.7 Å². The monoisotopic (exact) mass is 446 g/mol. The number of amides is 2. The minimum atomic E-state index is -0.757. The largest absolute Gasteiger partial charge is 0.454 e. The highest BCUT2D eigenvalue weighted by Gasteiger charge is 2.67. The van der Waals surface area contributed by atoms with Gasteiger partial charge >= 0.3 is 0 Å². The Bertz CT molecular complexity index is 1130. The van der Waals surface area contributed by atoms with Crippen molar-refractivity contribution in [3.05, 3.63) is 66.2 Å². The zero-order chi connectivity index (χ0) is 22.6. The Hall–Kier alpha value is -3.32. The van der Waals surface area contributed by atoms with Crippen LogP contribution in [0.1, 0.15) is 18.9 Å². The molecule has 4 aliphatic heterocycles. The Kier molecular flexibility index (Phi) is 4.69. The highest BCUT2D eigenvalue weighted by Crippen LogP contribution is 2.53. The van der Waals surface area contributed by atoms with Crippen molar-refractivity contribution in [1.82, 2.24) is 5.32 Å². The first kappa shape index (κ1) is 20.3. The molecule has 6 rings (SSSR count). The van der Waals surface area contributed by atoms with Gasteiger partial charge in [0, 0.05) is 17.8 Å². The van der Waals surface area contributed by atoms with Gasteiger partial charge < -0.3 is 24.4 Å². The predicted octanol–water partition coefficient (Wildman–Crippen LogP) is 2.84. The van der Waals surface area contributed by atoms with Crippen molar-refractivity contribution in [2.24, 2.45) is 11.8 Å². The van der Waals surface area contributed by atoms with Gasteiger partial charge in [0.1, 0.15) is 5.60 Å². The van der Waals surface area contributed by atoms with E-state index in [1.54, 1.807) is 4.90 Å². The summed E-state index contributed by atoms with van der Waals surface area (Å²) in [6.07, 6.45) is 5.26. The van der Waals surface area contributed by atoms with Crippen molar-refractivity contribution in [2.45, 2.75) is 37.5 Å². The molecule has 0 radical (unpaired) electrons. The van der Waals surface area contributed by atoms with E-state index in [0.29, 0.717) is 18.0 Å². The molecule has 2 aromatic carbocycles. The van der Waals surface area contributed by atoms with E-state index in [-0.39, 0.29) is 30.8 Å². The van der Waals surface area contributed by atoms with Crippen LogP contribution in [0.25, 0.3) is 0 Å². The van der Waals surface area contributed by atoms with E-state index in [1.807, 2.05) is 55.5 Å². The van der Waals surface area contributed by atoms with Crippen LogP contribution < -0.4 is 19.7 Å². The van der Waals surface area contributed by atoms with Crippen molar-refractivity contribution in [3.8, 4) is 11.5 Å². The molecule has 0 saturated carbocycles. The Morgan fingerprint density at radius 1 is 1.18 bits per heavy atom. The fraction of sp³-hybridized carbons (Fsp3) is 0.385. The number of hydrogen-bond donors (Lipinski definition) is 1. The molecule has 1 N–H and O–H groups in total. The molecule has 1 spiro atoms. The Morgan fingerprint density at radius 3 is 2.85 bits per heavy atom. The number of benzene rings is 2. The number of nitrogens with one attached hydrogen (secondary N) is 1. The average molecular weight is 447 g/mol. The lowest BCUT2D eigenvalue weighted by Crippen LogP contribution is -2.46. The zero-order valence-electron chi connectivity index (χ0n) is 18.4. The van der Waals surface area contributed by atoms with Crippen LogP contribution in [-0.2, 0) is 20.7 Å². The number of aryl methyl sites for hydroxylation is 1. The normalized spacial score (nSPS) is 29.4. The van der Waals surface area contributed by atoms with Gasteiger partial charge in [-0.05, 0) is 37.5 Å². The molecule has 2 bridgehead atoms. The quantitative estimate of drug-likeness (QED) is 0.691. The van der Waals surface area contributed by atoms with Crippen molar-refractivity contribution < 1.29 is 23.8 Å². The van der Waals surface area contributed by atoms with Gasteiger partial charge in [0.15, 0.2) is 11.5 Å². The lowest BCUT2D eigenvalue weighted by Gasteiger charge is -2.25.